The van der Waals surface area contributed by atoms with E-state index in [4.69, 9.17) is 0 Å². The van der Waals surface area contributed by atoms with E-state index < -0.39 is 0 Å². The summed E-state index contributed by atoms with van der Waals surface area (Å²) in [6.07, 6.45) is 5.10. The van der Waals surface area contributed by atoms with Crippen molar-refractivity contribution in [1.29, 1.82) is 0 Å². The molecule has 6 heteroatoms. The van der Waals surface area contributed by atoms with Crippen molar-refractivity contribution in [2.45, 2.75) is 0 Å². The number of nitrogens with zero attached hydrogens (tertiary/aromatic N) is 4. The highest BCUT2D eigenvalue weighted by Gasteiger charge is 2.11. The first-order valence-electron chi connectivity index (χ1n) is 8.05. The summed E-state index contributed by atoms with van der Waals surface area (Å²) in [5.74, 6) is 1.13. The third-order valence-electron chi connectivity index (χ3n) is 3.82. The van der Waals surface area contributed by atoms with E-state index in [0.29, 0.717) is 17.2 Å². The van der Waals surface area contributed by atoms with Gasteiger partial charge < -0.3 is 5.11 Å². The van der Waals surface area contributed by atoms with Gasteiger partial charge in [0.05, 0.1) is 17.3 Å². The van der Waals surface area contributed by atoms with Gasteiger partial charge in [-0.3, -0.25) is 10.4 Å². The van der Waals surface area contributed by atoms with Crippen molar-refractivity contribution >= 4 is 22.9 Å². The quantitative estimate of drug-likeness (QED) is 0.435. The van der Waals surface area contributed by atoms with E-state index in [9.17, 15) is 5.11 Å². The molecule has 2 N–H and O–H groups in total. The first-order chi connectivity index (χ1) is 12.8. The number of fused-ring (bicyclic) bond motifs is 1. The van der Waals surface area contributed by atoms with Crippen LogP contribution in [0.5, 0.6) is 5.75 Å². The van der Waals surface area contributed by atoms with Gasteiger partial charge in [0.25, 0.3) is 0 Å². The molecular weight excluding hydrogens is 326 g/mol. The topological polar surface area (TPSA) is 83.3 Å². The zero-order valence-electron chi connectivity index (χ0n) is 13.7. The number of para-hydroxylation sites is 2. The van der Waals surface area contributed by atoms with Gasteiger partial charge in [-0.25, -0.2) is 9.97 Å². The fraction of sp³-hybridized carbons (Fsp3) is 0. The molecule has 0 fully saturated rings. The van der Waals surface area contributed by atoms with Crippen LogP contribution in [0.25, 0.3) is 22.3 Å². The van der Waals surface area contributed by atoms with Crippen molar-refractivity contribution in [3.8, 4) is 17.1 Å². The van der Waals surface area contributed by atoms with Crippen molar-refractivity contribution in [1.82, 2.24) is 15.0 Å². The Kier molecular flexibility index (Phi) is 4.22. The predicted molar refractivity (Wildman–Crippen MR) is 102 cm³/mol. The molecule has 2 aromatic carbocycles. The molecule has 0 aliphatic heterocycles. The molecule has 2 aromatic heterocycles. The number of pyridine rings is 1. The number of phenolic OH excluding ortho intramolecular Hbond substituents is 1. The standard InChI is InChI=1S/C20H15N5O/c26-18-10-4-2-8-16(18)19-23-17-9-3-1-7-15(17)20(24-19)25-22-13-14-6-5-11-21-12-14/h1-13,26H,(H,23,24,25)/b22-13-. The van der Waals surface area contributed by atoms with E-state index in [1.165, 1.54) is 0 Å². The largest absolute Gasteiger partial charge is 0.507 e. The lowest BCUT2D eigenvalue weighted by Crippen LogP contribution is -1.99. The molecule has 4 rings (SSSR count). The van der Waals surface area contributed by atoms with Gasteiger partial charge in [0.1, 0.15) is 5.75 Å². The molecule has 6 nitrogen and oxygen atoms in total. The molecule has 0 unspecified atom stereocenters. The van der Waals surface area contributed by atoms with Gasteiger partial charge in [0.15, 0.2) is 11.6 Å². The second kappa shape index (κ2) is 6.98. The normalized spacial score (nSPS) is 11.1. The van der Waals surface area contributed by atoms with Crippen LogP contribution < -0.4 is 5.43 Å². The van der Waals surface area contributed by atoms with Crippen molar-refractivity contribution in [3.63, 3.8) is 0 Å². The molecule has 0 amide bonds. The van der Waals surface area contributed by atoms with Gasteiger partial charge in [-0.15, -0.1) is 0 Å². The Morgan fingerprint density at radius 2 is 1.77 bits per heavy atom. The van der Waals surface area contributed by atoms with E-state index in [1.807, 2.05) is 42.5 Å². The van der Waals surface area contributed by atoms with Crippen LogP contribution in [-0.2, 0) is 0 Å². The van der Waals surface area contributed by atoms with Crippen LogP contribution in [0.2, 0.25) is 0 Å². The van der Waals surface area contributed by atoms with Gasteiger partial charge in [-0.2, -0.15) is 5.10 Å². The molecule has 4 aromatic rings. The Morgan fingerprint density at radius 1 is 0.923 bits per heavy atom. The van der Waals surface area contributed by atoms with E-state index in [-0.39, 0.29) is 5.75 Å². The van der Waals surface area contributed by atoms with Gasteiger partial charge in [0.2, 0.25) is 0 Å². The van der Waals surface area contributed by atoms with Gasteiger partial charge >= 0.3 is 0 Å². The first-order valence-corrected chi connectivity index (χ1v) is 8.05. The van der Waals surface area contributed by atoms with Crippen LogP contribution >= 0.6 is 0 Å². The fourth-order valence-corrected chi connectivity index (χ4v) is 2.57. The predicted octanol–water partition coefficient (Wildman–Crippen LogP) is 3.84. The maximum atomic E-state index is 10.1. The lowest BCUT2D eigenvalue weighted by atomic mass is 10.1. The fourth-order valence-electron chi connectivity index (χ4n) is 2.57. The molecule has 0 saturated heterocycles. The van der Waals surface area contributed by atoms with Crippen molar-refractivity contribution in [2.24, 2.45) is 5.10 Å². The highest BCUT2D eigenvalue weighted by atomic mass is 16.3. The van der Waals surface area contributed by atoms with E-state index in [1.54, 1.807) is 36.8 Å². The molecule has 0 atom stereocenters. The van der Waals surface area contributed by atoms with Crippen LogP contribution in [-0.4, -0.2) is 26.3 Å². The van der Waals surface area contributed by atoms with Gasteiger partial charge in [-0.05, 0) is 30.3 Å². The summed E-state index contributed by atoms with van der Waals surface area (Å²) < 4.78 is 0. The average Bonchev–Trinajstić information content (AvgIpc) is 2.69. The zero-order valence-corrected chi connectivity index (χ0v) is 13.7. The minimum atomic E-state index is 0.132. The molecular formula is C20H15N5O. The molecule has 0 aliphatic rings. The Balaban J connectivity index is 1.75. The highest BCUT2D eigenvalue weighted by molar-refractivity contribution is 5.91. The molecule has 0 radical (unpaired) electrons. The van der Waals surface area contributed by atoms with Crippen molar-refractivity contribution < 1.29 is 5.11 Å². The summed E-state index contributed by atoms with van der Waals surface area (Å²) in [6, 6.07) is 18.4. The van der Waals surface area contributed by atoms with Crippen LogP contribution in [0, 0.1) is 0 Å². The lowest BCUT2D eigenvalue weighted by Gasteiger charge is -2.09. The molecule has 126 valence electrons. The summed E-state index contributed by atoms with van der Waals surface area (Å²) in [4.78, 5) is 13.2. The average molecular weight is 341 g/mol. The molecule has 2 heterocycles. The number of hydrazone groups is 1. The number of benzene rings is 2. The van der Waals surface area contributed by atoms with Crippen molar-refractivity contribution in [2.75, 3.05) is 5.43 Å². The van der Waals surface area contributed by atoms with E-state index in [0.717, 1.165) is 16.5 Å². The Hall–Kier alpha value is -3.80. The van der Waals surface area contributed by atoms with Crippen LogP contribution in [0.3, 0.4) is 0 Å². The second-order valence-corrected chi connectivity index (χ2v) is 5.59. The summed E-state index contributed by atoms with van der Waals surface area (Å²) in [6.45, 7) is 0. The Morgan fingerprint density at radius 3 is 2.62 bits per heavy atom. The van der Waals surface area contributed by atoms with E-state index >= 15 is 0 Å². The lowest BCUT2D eigenvalue weighted by molar-refractivity contribution is 0.477. The minimum Gasteiger partial charge on any atom is -0.507 e. The molecule has 26 heavy (non-hydrogen) atoms. The third kappa shape index (κ3) is 3.21. The monoisotopic (exact) mass is 341 g/mol. The second-order valence-electron chi connectivity index (χ2n) is 5.59. The van der Waals surface area contributed by atoms with Crippen LogP contribution in [0.1, 0.15) is 5.56 Å². The SMILES string of the molecule is Oc1ccccc1-c1nc(N/N=C\c2cccnc2)c2ccccc2n1. The molecule has 0 aliphatic carbocycles. The maximum Gasteiger partial charge on any atom is 0.165 e. The number of anilines is 1. The maximum absolute atomic E-state index is 10.1. The third-order valence-corrected chi connectivity index (χ3v) is 3.82. The van der Waals surface area contributed by atoms with Gasteiger partial charge in [-0.1, -0.05) is 30.3 Å². The number of phenols is 1. The van der Waals surface area contributed by atoms with Crippen LogP contribution in [0.4, 0.5) is 5.82 Å². The number of rotatable bonds is 4. The number of hydrogen-bond acceptors (Lipinski definition) is 6. The number of hydrogen-bond donors (Lipinski definition) is 2. The minimum absolute atomic E-state index is 0.132. The first kappa shape index (κ1) is 15.7. The zero-order chi connectivity index (χ0) is 17.8. The smallest absolute Gasteiger partial charge is 0.165 e. The van der Waals surface area contributed by atoms with Gasteiger partial charge in [0, 0.05) is 23.3 Å². The Bertz CT molecular complexity index is 1080. The molecule has 0 saturated carbocycles. The summed E-state index contributed by atoms with van der Waals surface area (Å²) in [5, 5.41) is 15.2. The number of aromatic nitrogens is 3. The molecule has 0 spiro atoms. The highest BCUT2D eigenvalue weighted by Crippen LogP contribution is 2.29. The van der Waals surface area contributed by atoms with Crippen molar-refractivity contribution in [3.05, 3.63) is 78.6 Å². The summed E-state index contributed by atoms with van der Waals surface area (Å²) in [5.41, 5.74) is 5.18. The number of nitrogens with one attached hydrogen (secondary N) is 1. The summed E-state index contributed by atoms with van der Waals surface area (Å²) in [7, 11) is 0. The van der Waals surface area contributed by atoms with Crippen LogP contribution in [0.15, 0.2) is 78.2 Å². The molecule has 0 bridgehead atoms. The van der Waals surface area contributed by atoms with E-state index in [2.05, 4.69) is 25.5 Å². The Labute approximate surface area is 149 Å². The summed E-state index contributed by atoms with van der Waals surface area (Å²) >= 11 is 0. The number of aromatic hydroxyl groups is 1.